The third-order valence-electron chi connectivity index (χ3n) is 8.47. The largest absolute Gasteiger partial charge is 0.390 e. The summed E-state index contributed by atoms with van der Waals surface area (Å²) in [5.74, 6) is 4.50. The van der Waals surface area contributed by atoms with Gasteiger partial charge >= 0.3 is 0 Å². The summed E-state index contributed by atoms with van der Waals surface area (Å²) in [7, 11) is 0. The Morgan fingerprint density at radius 3 is 2.45 bits per heavy atom. The Hall–Kier alpha value is -0.370. The number of aliphatic hydroxyl groups is 1. The number of fused-ring (bicyclic) bond motifs is 5. The molecule has 4 saturated carbocycles. The molecule has 4 aliphatic carbocycles. The summed E-state index contributed by atoms with van der Waals surface area (Å²) in [6.45, 7) is 4.45. The third kappa shape index (κ3) is 2.12. The van der Waals surface area contributed by atoms with E-state index >= 15 is 0 Å². The van der Waals surface area contributed by atoms with Crippen LogP contribution in [0.2, 0.25) is 0 Å². The minimum atomic E-state index is -0.410. The fourth-order valence-electron chi connectivity index (χ4n) is 7.35. The van der Waals surface area contributed by atoms with E-state index in [0.717, 1.165) is 48.9 Å². The van der Waals surface area contributed by atoms with Gasteiger partial charge in [-0.05, 0) is 99.7 Å². The molecule has 0 aromatic carbocycles. The Morgan fingerprint density at radius 1 is 0.909 bits per heavy atom. The van der Waals surface area contributed by atoms with E-state index < -0.39 is 5.60 Å². The van der Waals surface area contributed by atoms with Gasteiger partial charge in [-0.3, -0.25) is 0 Å². The predicted molar refractivity (Wildman–Crippen MR) is 87.3 cm³/mol. The van der Waals surface area contributed by atoms with Crippen LogP contribution in [-0.4, -0.2) is 17.0 Å². The Bertz CT molecular complexity index is 457. The van der Waals surface area contributed by atoms with Crippen LogP contribution in [0, 0.1) is 40.9 Å². The summed E-state index contributed by atoms with van der Waals surface area (Å²) >= 11 is 0. The Kier molecular flexibility index (Phi) is 3.49. The van der Waals surface area contributed by atoms with E-state index in [0.29, 0.717) is 11.3 Å². The van der Waals surface area contributed by atoms with Crippen molar-refractivity contribution in [3.63, 3.8) is 0 Å². The molecule has 0 saturated heterocycles. The molecule has 1 N–H and O–H groups in total. The lowest BCUT2D eigenvalue weighted by molar-refractivity contribution is -0.121. The maximum absolute atomic E-state index is 11.5. The standard InChI is InChI=1S/C20H32O2/c1-19(22)9-7-15-13(11-19)3-5-17-16(15)8-10-20(2)14(12-21)4-6-18(17)20/h12-18,22H,3-11H2,1-2H3/t13-,14-,15+,16-,17-,18+,19-,20-/m1/s1. The van der Waals surface area contributed by atoms with Crippen LogP contribution >= 0.6 is 0 Å². The Morgan fingerprint density at radius 2 is 1.68 bits per heavy atom. The van der Waals surface area contributed by atoms with E-state index in [1.165, 1.54) is 44.8 Å². The van der Waals surface area contributed by atoms with Crippen LogP contribution in [0.4, 0.5) is 0 Å². The highest BCUT2D eigenvalue weighted by Gasteiger charge is 2.57. The van der Waals surface area contributed by atoms with E-state index in [1.807, 2.05) is 6.92 Å². The van der Waals surface area contributed by atoms with Crippen molar-refractivity contribution >= 4 is 6.29 Å². The van der Waals surface area contributed by atoms with Crippen LogP contribution < -0.4 is 0 Å². The van der Waals surface area contributed by atoms with Crippen molar-refractivity contribution in [3.05, 3.63) is 0 Å². The van der Waals surface area contributed by atoms with Gasteiger partial charge in [-0.1, -0.05) is 6.92 Å². The zero-order chi connectivity index (χ0) is 15.5. The molecule has 0 unspecified atom stereocenters. The van der Waals surface area contributed by atoms with E-state index in [-0.39, 0.29) is 0 Å². The number of carbonyl (C=O) groups is 1. The summed E-state index contributed by atoms with van der Waals surface area (Å²) in [6, 6.07) is 0. The molecule has 0 amide bonds. The van der Waals surface area contributed by atoms with Gasteiger partial charge in [0.2, 0.25) is 0 Å². The highest BCUT2D eigenvalue weighted by atomic mass is 16.3. The summed E-state index contributed by atoms with van der Waals surface area (Å²) in [5, 5.41) is 10.4. The van der Waals surface area contributed by atoms with Crippen molar-refractivity contribution in [1.82, 2.24) is 0 Å². The first kappa shape index (κ1) is 15.2. The first-order valence-corrected chi connectivity index (χ1v) is 9.62. The second kappa shape index (κ2) is 5.06. The molecule has 0 aromatic heterocycles. The molecule has 4 aliphatic rings. The van der Waals surface area contributed by atoms with Crippen LogP contribution in [0.3, 0.4) is 0 Å². The van der Waals surface area contributed by atoms with Crippen molar-refractivity contribution in [3.8, 4) is 0 Å². The zero-order valence-electron chi connectivity index (χ0n) is 14.3. The number of hydrogen-bond acceptors (Lipinski definition) is 2. The minimum absolute atomic E-state index is 0.302. The molecule has 2 heteroatoms. The molecule has 8 atom stereocenters. The first-order valence-electron chi connectivity index (χ1n) is 9.62. The SMILES string of the molecule is C[C@@]1(O)CC[C@H]2[C@H](CC[C@@H]3[C@@H]2CC[C@]2(C)[C@@H](C=O)CC[C@@H]32)C1. The van der Waals surface area contributed by atoms with E-state index in [2.05, 4.69) is 6.92 Å². The third-order valence-corrected chi connectivity index (χ3v) is 8.47. The minimum Gasteiger partial charge on any atom is -0.390 e. The van der Waals surface area contributed by atoms with E-state index in [9.17, 15) is 9.90 Å². The molecule has 0 aliphatic heterocycles. The van der Waals surface area contributed by atoms with Gasteiger partial charge in [0.05, 0.1) is 5.60 Å². The van der Waals surface area contributed by atoms with Gasteiger partial charge < -0.3 is 9.90 Å². The average Bonchev–Trinajstić information content (AvgIpc) is 2.82. The Balaban J connectivity index is 1.56. The van der Waals surface area contributed by atoms with Crippen LogP contribution in [0.1, 0.15) is 71.6 Å². The van der Waals surface area contributed by atoms with Crippen LogP contribution in [0.15, 0.2) is 0 Å². The van der Waals surface area contributed by atoms with Crippen molar-refractivity contribution < 1.29 is 9.90 Å². The van der Waals surface area contributed by atoms with Gasteiger partial charge in [0.25, 0.3) is 0 Å². The van der Waals surface area contributed by atoms with Crippen molar-refractivity contribution in [1.29, 1.82) is 0 Å². The Labute approximate surface area is 135 Å². The molecule has 4 rings (SSSR count). The maximum Gasteiger partial charge on any atom is 0.123 e. The lowest BCUT2D eigenvalue weighted by Crippen LogP contribution is -2.50. The lowest BCUT2D eigenvalue weighted by atomic mass is 9.49. The highest BCUT2D eigenvalue weighted by Crippen LogP contribution is 2.64. The van der Waals surface area contributed by atoms with Gasteiger partial charge in [0, 0.05) is 5.92 Å². The summed E-state index contributed by atoms with van der Waals surface area (Å²) < 4.78 is 0. The molecule has 4 fully saturated rings. The summed E-state index contributed by atoms with van der Waals surface area (Å²) in [4.78, 5) is 11.5. The molecule has 0 aromatic rings. The molecular weight excluding hydrogens is 272 g/mol. The molecule has 2 nitrogen and oxygen atoms in total. The normalized spacial score (nSPS) is 57.6. The number of carbonyl (C=O) groups excluding carboxylic acids is 1. The van der Waals surface area contributed by atoms with Gasteiger partial charge in [-0.25, -0.2) is 0 Å². The first-order chi connectivity index (χ1) is 10.4. The number of aldehydes is 1. The molecular formula is C20H32O2. The molecule has 0 heterocycles. The van der Waals surface area contributed by atoms with Crippen LogP contribution in [-0.2, 0) is 4.79 Å². The zero-order valence-corrected chi connectivity index (χ0v) is 14.3. The predicted octanol–water partition coefficient (Wildman–Crippen LogP) is 4.21. The van der Waals surface area contributed by atoms with Gasteiger partial charge in [-0.15, -0.1) is 0 Å². The molecule has 0 radical (unpaired) electrons. The topological polar surface area (TPSA) is 37.3 Å². The van der Waals surface area contributed by atoms with Crippen molar-refractivity contribution in [2.45, 2.75) is 77.2 Å². The second-order valence-corrected chi connectivity index (χ2v) is 9.54. The number of rotatable bonds is 1. The molecule has 22 heavy (non-hydrogen) atoms. The summed E-state index contributed by atoms with van der Waals surface area (Å²) in [5.41, 5.74) is -0.108. The molecule has 124 valence electrons. The van der Waals surface area contributed by atoms with E-state index in [4.69, 9.17) is 0 Å². The highest BCUT2D eigenvalue weighted by molar-refractivity contribution is 5.56. The van der Waals surface area contributed by atoms with E-state index in [1.54, 1.807) is 0 Å². The quantitative estimate of drug-likeness (QED) is 0.737. The fraction of sp³-hybridized carbons (Fsp3) is 0.950. The summed E-state index contributed by atoms with van der Waals surface area (Å²) in [6.07, 6.45) is 12.2. The lowest BCUT2D eigenvalue weighted by Gasteiger charge is -2.56. The molecule has 0 bridgehead atoms. The maximum atomic E-state index is 11.5. The van der Waals surface area contributed by atoms with Crippen LogP contribution in [0.5, 0.6) is 0 Å². The smallest absolute Gasteiger partial charge is 0.123 e. The number of hydrogen-bond donors (Lipinski definition) is 1. The molecule has 0 spiro atoms. The van der Waals surface area contributed by atoms with Gasteiger partial charge in [0.1, 0.15) is 6.29 Å². The van der Waals surface area contributed by atoms with Crippen LogP contribution in [0.25, 0.3) is 0 Å². The monoisotopic (exact) mass is 304 g/mol. The average molecular weight is 304 g/mol. The second-order valence-electron chi connectivity index (χ2n) is 9.54. The van der Waals surface area contributed by atoms with Crippen molar-refractivity contribution in [2.75, 3.05) is 0 Å². The van der Waals surface area contributed by atoms with Crippen molar-refractivity contribution in [2.24, 2.45) is 40.9 Å². The van der Waals surface area contributed by atoms with Gasteiger partial charge in [0.15, 0.2) is 0 Å². The fourth-order valence-corrected chi connectivity index (χ4v) is 7.35. The van der Waals surface area contributed by atoms with Gasteiger partial charge in [-0.2, -0.15) is 0 Å².